The Hall–Kier alpha value is -3.01. The first-order valence-electron chi connectivity index (χ1n) is 9.33. The van der Waals surface area contributed by atoms with E-state index in [0.29, 0.717) is 0 Å². The first-order chi connectivity index (χ1) is 14.4. The predicted molar refractivity (Wildman–Crippen MR) is 105 cm³/mol. The van der Waals surface area contributed by atoms with E-state index >= 15 is 0 Å². The molecule has 166 valence electrons. The lowest BCUT2D eigenvalue weighted by molar-refractivity contribution is -0.266. The maximum atomic E-state index is 14.0. The summed E-state index contributed by atoms with van der Waals surface area (Å²) in [6.07, 6.45) is -4.30. The van der Waals surface area contributed by atoms with Crippen molar-refractivity contribution in [3.63, 3.8) is 0 Å². The minimum atomic E-state index is -5.05. The van der Waals surface area contributed by atoms with E-state index in [-0.39, 0.29) is 28.2 Å². The highest BCUT2D eigenvalue weighted by atomic mass is 19.4. The molecule has 0 saturated carbocycles. The Bertz CT molecular complexity index is 1160. The van der Waals surface area contributed by atoms with Gasteiger partial charge in [-0.25, -0.2) is 14.4 Å². The van der Waals surface area contributed by atoms with Crippen molar-refractivity contribution in [2.24, 2.45) is 0 Å². The Morgan fingerprint density at radius 1 is 1.19 bits per heavy atom. The zero-order valence-electron chi connectivity index (χ0n) is 17.0. The molecule has 2 N–H and O–H groups in total. The third-order valence-corrected chi connectivity index (χ3v) is 5.15. The Balaban J connectivity index is 2.03. The van der Waals surface area contributed by atoms with Crippen molar-refractivity contribution in [1.82, 2.24) is 15.0 Å². The minimum absolute atomic E-state index is 0.0805. The van der Waals surface area contributed by atoms with Crippen LogP contribution in [-0.4, -0.2) is 38.9 Å². The van der Waals surface area contributed by atoms with Gasteiger partial charge < -0.3 is 14.8 Å². The molecular formula is C21H21F4N3O3. The molecule has 3 rings (SSSR count). The molecule has 0 aliphatic rings. The van der Waals surface area contributed by atoms with Crippen LogP contribution in [0.5, 0.6) is 5.75 Å². The van der Waals surface area contributed by atoms with E-state index in [1.165, 1.54) is 45.5 Å². The molecule has 31 heavy (non-hydrogen) atoms. The number of benzene rings is 1. The number of nitrogens with one attached hydrogen (secondary N) is 1. The summed E-state index contributed by atoms with van der Waals surface area (Å²) >= 11 is 0. The van der Waals surface area contributed by atoms with Crippen LogP contribution < -0.4 is 10.2 Å². The van der Waals surface area contributed by atoms with E-state index in [1.54, 1.807) is 0 Å². The van der Waals surface area contributed by atoms with Gasteiger partial charge in [0.1, 0.15) is 22.9 Å². The molecule has 0 amide bonds. The van der Waals surface area contributed by atoms with Gasteiger partial charge in [-0.2, -0.15) is 13.2 Å². The summed E-state index contributed by atoms with van der Waals surface area (Å²) in [5.41, 5.74) is -4.72. The number of fused-ring (bicyclic) bond motifs is 1. The number of nitrogens with zero attached hydrogens (tertiary/aromatic N) is 2. The van der Waals surface area contributed by atoms with Crippen molar-refractivity contribution in [3.8, 4) is 5.75 Å². The van der Waals surface area contributed by atoms with Crippen molar-refractivity contribution in [2.45, 2.75) is 43.9 Å². The van der Waals surface area contributed by atoms with Crippen LogP contribution in [0.15, 0.2) is 41.5 Å². The molecule has 0 fully saturated rings. The number of methoxy groups -OCH3 is 1. The van der Waals surface area contributed by atoms with Crippen LogP contribution in [0.3, 0.4) is 0 Å². The summed E-state index contributed by atoms with van der Waals surface area (Å²) in [4.78, 5) is 22.5. The second-order valence-corrected chi connectivity index (χ2v) is 8.00. The highest BCUT2D eigenvalue weighted by Gasteiger charge is 2.56. The largest absolute Gasteiger partial charge is 0.496 e. The summed E-state index contributed by atoms with van der Waals surface area (Å²) in [5, 5.41) is 10.7. The van der Waals surface area contributed by atoms with Gasteiger partial charge in [0.15, 0.2) is 5.60 Å². The topological polar surface area (TPSA) is 88.1 Å². The second kappa shape index (κ2) is 7.92. The Labute approximate surface area is 174 Å². The first kappa shape index (κ1) is 22.7. The molecule has 0 aliphatic carbocycles. The average molecular weight is 439 g/mol. The molecule has 3 aromatic rings. The molecule has 6 nitrogen and oxygen atoms in total. The lowest BCUT2D eigenvalue weighted by Gasteiger charge is -2.38. The van der Waals surface area contributed by atoms with E-state index in [4.69, 9.17) is 4.74 Å². The zero-order chi connectivity index (χ0) is 23.0. The molecule has 2 heterocycles. The van der Waals surface area contributed by atoms with Crippen LogP contribution in [-0.2, 0) is 11.8 Å². The molecule has 0 bridgehead atoms. The number of aromatic nitrogens is 3. The smallest absolute Gasteiger partial charge is 0.417 e. The van der Waals surface area contributed by atoms with Crippen LogP contribution in [0.1, 0.15) is 31.7 Å². The van der Waals surface area contributed by atoms with Gasteiger partial charge in [0.2, 0.25) is 5.43 Å². The highest BCUT2D eigenvalue weighted by molar-refractivity contribution is 5.72. The van der Waals surface area contributed by atoms with Gasteiger partial charge in [0.25, 0.3) is 0 Å². The molecule has 1 atom stereocenters. The average Bonchev–Trinajstić information content (AvgIpc) is 2.67. The minimum Gasteiger partial charge on any atom is -0.496 e. The van der Waals surface area contributed by atoms with Gasteiger partial charge in [0, 0.05) is 24.2 Å². The van der Waals surface area contributed by atoms with Crippen molar-refractivity contribution in [1.29, 1.82) is 0 Å². The fraction of sp³-hybridized carbons (Fsp3) is 0.381. The summed E-state index contributed by atoms with van der Waals surface area (Å²) in [6, 6.07) is 4.72. The molecule has 0 saturated heterocycles. The number of aliphatic hydroxyl groups is 1. The van der Waals surface area contributed by atoms with E-state index in [2.05, 4.69) is 15.0 Å². The van der Waals surface area contributed by atoms with Crippen molar-refractivity contribution >= 4 is 11.0 Å². The fourth-order valence-electron chi connectivity index (χ4n) is 3.64. The number of ether oxygens (including phenoxy) is 1. The van der Waals surface area contributed by atoms with Gasteiger partial charge in [-0.15, -0.1) is 0 Å². The lowest BCUT2D eigenvalue weighted by Crippen LogP contribution is -2.51. The fourth-order valence-corrected chi connectivity index (χ4v) is 3.64. The van der Waals surface area contributed by atoms with Crippen LogP contribution >= 0.6 is 0 Å². The number of hydrogen-bond acceptors (Lipinski definition) is 5. The Kier molecular flexibility index (Phi) is 5.79. The predicted octanol–water partition coefficient (Wildman–Crippen LogP) is 3.67. The quantitative estimate of drug-likeness (QED) is 0.573. The maximum Gasteiger partial charge on any atom is 0.417 e. The molecular weight excluding hydrogens is 418 g/mol. The summed E-state index contributed by atoms with van der Waals surface area (Å²) in [6.45, 7) is 2.90. The summed E-state index contributed by atoms with van der Waals surface area (Å²) in [7, 11) is 1.32. The van der Waals surface area contributed by atoms with E-state index in [9.17, 15) is 27.5 Å². The van der Waals surface area contributed by atoms with Crippen molar-refractivity contribution in [2.75, 3.05) is 7.11 Å². The number of halogens is 4. The van der Waals surface area contributed by atoms with Crippen LogP contribution in [0.4, 0.5) is 17.6 Å². The number of aromatic amines is 1. The van der Waals surface area contributed by atoms with Crippen molar-refractivity contribution in [3.05, 3.63) is 64.1 Å². The van der Waals surface area contributed by atoms with E-state index < -0.39 is 41.3 Å². The maximum absolute atomic E-state index is 14.0. The number of H-pyrrole nitrogens is 1. The normalized spacial score (nSPS) is 14.5. The van der Waals surface area contributed by atoms with Crippen molar-refractivity contribution < 1.29 is 27.4 Å². The van der Waals surface area contributed by atoms with Crippen LogP contribution in [0, 0.1) is 5.82 Å². The van der Waals surface area contributed by atoms with E-state index in [0.717, 1.165) is 12.1 Å². The lowest BCUT2D eigenvalue weighted by atomic mass is 9.73. The van der Waals surface area contributed by atoms with Gasteiger partial charge in [-0.3, -0.25) is 4.79 Å². The number of rotatable bonds is 6. The number of alkyl halides is 3. The zero-order valence-corrected chi connectivity index (χ0v) is 17.0. The van der Waals surface area contributed by atoms with Crippen LogP contribution in [0.25, 0.3) is 11.0 Å². The van der Waals surface area contributed by atoms with Gasteiger partial charge in [-0.05, 0) is 30.0 Å². The highest BCUT2D eigenvalue weighted by Crippen LogP contribution is 2.44. The molecule has 0 radical (unpaired) electrons. The Morgan fingerprint density at radius 3 is 2.55 bits per heavy atom. The molecule has 0 spiro atoms. The standard InChI is InChI=1S/C21H21F4N3O3/c1-19(2,13-8-12(22)4-5-16(13)31-3)11-20(30,21(23,24)25)9-17-27-10-14-18(28-17)15(29)6-7-26-14/h4-8,10,30H,9,11H2,1-3H3,(H,26,29). The third kappa shape index (κ3) is 4.53. The Morgan fingerprint density at radius 2 is 1.90 bits per heavy atom. The molecule has 0 aliphatic heterocycles. The second-order valence-electron chi connectivity index (χ2n) is 8.00. The molecule has 2 aromatic heterocycles. The van der Waals surface area contributed by atoms with Gasteiger partial charge in [-0.1, -0.05) is 13.8 Å². The first-order valence-corrected chi connectivity index (χ1v) is 9.33. The summed E-state index contributed by atoms with van der Waals surface area (Å²) in [5.74, 6) is -0.785. The van der Waals surface area contributed by atoms with Gasteiger partial charge >= 0.3 is 6.18 Å². The van der Waals surface area contributed by atoms with E-state index in [1.807, 2.05) is 0 Å². The molecule has 1 aromatic carbocycles. The monoisotopic (exact) mass is 439 g/mol. The number of pyridine rings is 1. The van der Waals surface area contributed by atoms with Gasteiger partial charge in [0.05, 0.1) is 18.8 Å². The van der Waals surface area contributed by atoms with Crippen LogP contribution in [0.2, 0.25) is 0 Å². The SMILES string of the molecule is COc1ccc(F)cc1C(C)(C)CC(O)(Cc1ncc2[nH]ccc(=O)c2n1)C(F)(F)F. The molecule has 10 heteroatoms. The number of hydrogen-bond donors (Lipinski definition) is 2. The molecule has 1 unspecified atom stereocenters. The summed E-state index contributed by atoms with van der Waals surface area (Å²) < 4.78 is 61.0. The third-order valence-electron chi connectivity index (χ3n) is 5.15.